The van der Waals surface area contributed by atoms with Gasteiger partial charge in [0.25, 0.3) is 11.6 Å². The van der Waals surface area contributed by atoms with E-state index in [0.29, 0.717) is 5.69 Å². The molecule has 1 amide bonds. The highest BCUT2D eigenvalue weighted by Gasteiger charge is 2.20. The van der Waals surface area contributed by atoms with Gasteiger partial charge < -0.3 is 15.0 Å². The van der Waals surface area contributed by atoms with Crippen molar-refractivity contribution in [2.75, 3.05) is 30.9 Å². The summed E-state index contributed by atoms with van der Waals surface area (Å²) in [6.07, 6.45) is 1.46. The molecule has 0 fully saturated rings. The summed E-state index contributed by atoms with van der Waals surface area (Å²) in [5.41, 5.74) is 0.349. The van der Waals surface area contributed by atoms with Gasteiger partial charge in [0.1, 0.15) is 5.69 Å². The van der Waals surface area contributed by atoms with E-state index in [9.17, 15) is 19.7 Å². The quantitative estimate of drug-likeness (QED) is 0.355. The Hall–Kier alpha value is -3.20. The van der Waals surface area contributed by atoms with Crippen LogP contribution in [0.3, 0.4) is 0 Å². The molecule has 0 saturated carbocycles. The number of nitrogens with one attached hydrogen (secondary N) is 1. The minimum Gasteiger partial charge on any atom is -0.452 e. The summed E-state index contributed by atoms with van der Waals surface area (Å²) in [6, 6.07) is 7.05. The summed E-state index contributed by atoms with van der Waals surface area (Å²) < 4.78 is 4.89. The average molecular weight is 379 g/mol. The number of pyridine rings is 1. The number of nitro groups is 1. The van der Waals surface area contributed by atoms with Gasteiger partial charge in [0.15, 0.2) is 11.8 Å². The van der Waals surface area contributed by atoms with Crippen LogP contribution in [0.25, 0.3) is 0 Å². The zero-order chi connectivity index (χ0) is 19.3. The highest BCUT2D eigenvalue weighted by atomic mass is 35.5. The van der Waals surface area contributed by atoms with Crippen LogP contribution in [0.2, 0.25) is 5.15 Å². The fourth-order valence-corrected chi connectivity index (χ4v) is 2.22. The van der Waals surface area contributed by atoms with Crippen molar-refractivity contribution in [2.45, 2.75) is 0 Å². The van der Waals surface area contributed by atoms with Crippen LogP contribution >= 0.6 is 11.6 Å². The number of hydrogen-bond donors (Lipinski definition) is 1. The lowest BCUT2D eigenvalue weighted by molar-refractivity contribution is -0.384. The average Bonchev–Trinajstić information content (AvgIpc) is 2.61. The maximum absolute atomic E-state index is 12.0. The molecule has 1 N–H and O–H groups in total. The van der Waals surface area contributed by atoms with Crippen LogP contribution in [0, 0.1) is 10.1 Å². The molecule has 9 nitrogen and oxygen atoms in total. The van der Waals surface area contributed by atoms with E-state index in [0.717, 1.165) is 6.07 Å². The number of halogens is 1. The molecule has 2 aromatic rings. The van der Waals surface area contributed by atoms with Gasteiger partial charge in [-0.25, -0.2) is 9.78 Å². The van der Waals surface area contributed by atoms with Gasteiger partial charge in [-0.3, -0.25) is 14.9 Å². The molecule has 0 unspecified atom stereocenters. The highest BCUT2D eigenvalue weighted by Crippen LogP contribution is 2.28. The number of nitro benzene ring substituents is 1. The summed E-state index contributed by atoms with van der Waals surface area (Å²) in [7, 11) is 3.29. The van der Waals surface area contributed by atoms with Crippen LogP contribution in [-0.2, 0) is 9.53 Å². The second-order valence-electron chi connectivity index (χ2n) is 5.32. The number of rotatable bonds is 6. The lowest BCUT2D eigenvalue weighted by Gasteiger charge is -2.13. The molecule has 0 aliphatic heterocycles. The first-order chi connectivity index (χ1) is 12.3. The van der Waals surface area contributed by atoms with Crippen LogP contribution in [-0.4, -0.2) is 42.5 Å². The van der Waals surface area contributed by atoms with Crippen LogP contribution in [0.4, 0.5) is 17.1 Å². The Kier molecular flexibility index (Phi) is 6.07. The van der Waals surface area contributed by atoms with Crippen LogP contribution in [0.1, 0.15) is 10.4 Å². The number of carbonyl (C=O) groups is 2. The molecule has 26 heavy (non-hydrogen) atoms. The van der Waals surface area contributed by atoms with Crippen LogP contribution < -0.4 is 10.2 Å². The minimum absolute atomic E-state index is 0.0329. The molecule has 0 bridgehead atoms. The first kappa shape index (κ1) is 19.1. The molecule has 0 spiro atoms. The predicted molar refractivity (Wildman–Crippen MR) is 95.6 cm³/mol. The van der Waals surface area contributed by atoms with Crippen molar-refractivity contribution in [3.8, 4) is 0 Å². The topological polar surface area (TPSA) is 115 Å². The van der Waals surface area contributed by atoms with Crippen molar-refractivity contribution >= 4 is 40.5 Å². The smallest absolute Gasteiger partial charge is 0.338 e. The number of hydrogen-bond acceptors (Lipinski definition) is 7. The first-order valence-corrected chi connectivity index (χ1v) is 7.70. The summed E-state index contributed by atoms with van der Waals surface area (Å²) in [6.45, 7) is -0.576. The van der Waals surface area contributed by atoms with Gasteiger partial charge in [-0.1, -0.05) is 11.6 Å². The number of benzene rings is 1. The zero-order valence-corrected chi connectivity index (χ0v) is 14.7. The van der Waals surface area contributed by atoms with Crippen molar-refractivity contribution in [3.05, 3.63) is 57.4 Å². The van der Waals surface area contributed by atoms with Gasteiger partial charge in [0.05, 0.1) is 16.2 Å². The van der Waals surface area contributed by atoms with Gasteiger partial charge in [-0.15, -0.1) is 0 Å². The molecule has 0 atom stereocenters. The third kappa shape index (κ3) is 4.67. The molecule has 136 valence electrons. The number of carbonyl (C=O) groups excluding carboxylic acids is 2. The Balaban J connectivity index is 2.03. The minimum atomic E-state index is -0.856. The molecule has 0 saturated heterocycles. The van der Waals surface area contributed by atoms with E-state index in [4.69, 9.17) is 16.3 Å². The van der Waals surface area contributed by atoms with Gasteiger partial charge in [0, 0.05) is 26.4 Å². The van der Waals surface area contributed by atoms with Gasteiger partial charge in [-0.05, 0) is 24.3 Å². The summed E-state index contributed by atoms with van der Waals surface area (Å²) >= 11 is 5.81. The number of nitrogens with zero attached hydrogens (tertiary/aromatic N) is 3. The van der Waals surface area contributed by atoms with Crippen LogP contribution in [0.5, 0.6) is 0 Å². The SMILES string of the molecule is CN(C)c1ccc(C(=O)OCC(=O)Nc2cccnc2Cl)cc1[N+](=O)[O-]. The lowest BCUT2D eigenvalue weighted by Crippen LogP contribution is -2.21. The van der Waals surface area contributed by atoms with E-state index in [-0.39, 0.29) is 22.1 Å². The maximum Gasteiger partial charge on any atom is 0.338 e. The Morgan fingerprint density at radius 1 is 1.35 bits per heavy atom. The molecular formula is C16H15ClN4O5. The van der Waals surface area contributed by atoms with E-state index in [1.807, 2.05) is 0 Å². The van der Waals surface area contributed by atoms with Crippen molar-refractivity contribution in [1.29, 1.82) is 0 Å². The standard InChI is InChI=1S/C16H15ClN4O5/c1-20(2)12-6-5-10(8-13(12)21(24)25)16(23)26-9-14(22)19-11-4-3-7-18-15(11)17/h3-8H,9H2,1-2H3,(H,19,22). The maximum atomic E-state index is 12.0. The molecule has 1 heterocycles. The number of anilines is 2. The summed E-state index contributed by atoms with van der Waals surface area (Å²) in [5.74, 6) is -1.47. The van der Waals surface area contributed by atoms with Gasteiger partial charge in [0.2, 0.25) is 0 Å². The number of aromatic nitrogens is 1. The molecule has 0 radical (unpaired) electrons. The van der Waals surface area contributed by atoms with E-state index in [2.05, 4.69) is 10.3 Å². The lowest BCUT2D eigenvalue weighted by atomic mass is 10.1. The van der Waals surface area contributed by atoms with Gasteiger partial charge in [-0.2, -0.15) is 0 Å². The van der Waals surface area contributed by atoms with Crippen molar-refractivity contribution in [1.82, 2.24) is 4.98 Å². The normalized spacial score (nSPS) is 10.1. The van der Waals surface area contributed by atoms with E-state index >= 15 is 0 Å². The largest absolute Gasteiger partial charge is 0.452 e. The molecule has 0 aliphatic carbocycles. The third-order valence-electron chi connectivity index (χ3n) is 3.26. The Labute approximate surface area is 153 Å². The summed E-state index contributed by atoms with van der Waals surface area (Å²) in [4.78, 5) is 39.8. The molecule has 1 aromatic heterocycles. The first-order valence-electron chi connectivity index (χ1n) is 7.33. The van der Waals surface area contributed by atoms with Crippen LogP contribution in [0.15, 0.2) is 36.5 Å². The van der Waals surface area contributed by atoms with E-state index in [1.165, 1.54) is 18.3 Å². The third-order valence-corrected chi connectivity index (χ3v) is 3.56. The van der Waals surface area contributed by atoms with Gasteiger partial charge >= 0.3 is 5.97 Å². The molecule has 10 heteroatoms. The van der Waals surface area contributed by atoms with Crippen molar-refractivity contribution in [3.63, 3.8) is 0 Å². The molecule has 1 aromatic carbocycles. The van der Waals surface area contributed by atoms with Crippen molar-refractivity contribution < 1.29 is 19.2 Å². The monoisotopic (exact) mass is 378 g/mol. The Morgan fingerprint density at radius 3 is 2.69 bits per heavy atom. The Bertz CT molecular complexity index is 856. The Morgan fingerprint density at radius 2 is 2.08 bits per heavy atom. The zero-order valence-electron chi connectivity index (χ0n) is 13.9. The number of amides is 1. The number of esters is 1. The van der Waals surface area contributed by atoms with E-state index < -0.39 is 23.4 Å². The second kappa shape index (κ2) is 8.26. The second-order valence-corrected chi connectivity index (χ2v) is 5.68. The molecular weight excluding hydrogens is 364 g/mol. The summed E-state index contributed by atoms with van der Waals surface area (Å²) in [5, 5.41) is 13.7. The molecule has 2 rings (SSSR count). The molecule has 0 aliphatic rings. The number of ether oxygens (including phenoxy) is 1. The predicted octanol–water partition coefficient (Wildman–Crippen LogP) is 2.50. The van der Waals surface area contributed by atoms with E-state index in [1.54, 1.807) is 31.1 Å². The fraction of sp³-hybridized carbons (Fsp3) is 0.188. The van der Waals surface area contributed by atoms with Crippen molar-refractivity contribution in [2.24, 2.45) is 0 Å². The highest BCUT2D eigenvalue weighted by molar-refractivity contribution is 6.32. The fourth-order valence-electron chi connectivity index (χ4n) is 2.05.